The van der Waals surface area contributed by atoms with Crippen molar-refractivity contribution in [1.29, 1.82) is 0 Å². The zero-order valence-corrected chi connectivity index (χ0v) is 15.7. The fraction of sp³-hybridized carbons (Fsp3) is 0.208. The lowest BCUT2D eigenvalue weighted by Gasteiger charge is -2.25. The summed E-state index contributed by atoms with van der Waals surface area (Å²) >= 11 is 0. The summed E-state index contributed by atoms with van der Waals surface area (Å²) in [5, 5.41) is 20.1. The first-order valence-electron chi connectivity index (χ1n) is 9.34. The summed E-state index contributed by atoms with van der Waals surface area (Å²) in [5.74, 6) is 0.215. The van der Waals surface area contributed by atoms with E-state index in [1.54, 1.807) is 31.2 Å². The summed E-state index contributed by atoms with van der Waals surface area (Å²) in [6.45, 7) is 1.68. The van der Waals surface area contributed by atoms with E-state index in [4.69, 9.17) is 9.84 Å². The Morgan fingerprint density at radius 2 is 1.71 bits per heavy atom. The number of aliphatic hydroxyl groups is 2. The Balaban J connectivity index is 1.67. The number of carbonyl (C=O) groups excluding carboxylic acids is 1. The molecule has 1 atom stereocenters. The molecule has 4 rings (SSSR count). The minimum atomic E-state index is -1.64. The van der Waals surface area contributed by atoms with Crippen molar-refractivity contribution in [2.45, 2.75) is 18.9 Å². The van der Waals surface area contributed by atoms with E-state index in [0.29, 0.717) is 23.3 Å². The van der Waals surface area contributed by atoms with Gasteiger partial charge in [-0.25, -0.2) is 0 Å². The highest BCUT2D eigenvalue weighted by molar-refractivity contribution is 6.03. The number of rotatable bonds is 6. The van der Waals surface area contributed by atoms with Crippen molar-refractivity contribution in [1.82, 2.24) is 0 Å². The molecule has 2 N–H and O–H groups in total. The summed E-state index contributed by atoms with van der Waals surface area (Å²) < 4.78 is 5.33. The normalized spacial score (nSPS) is 14.1. The molecule has 0 heterocycles. The van der Waals surface area contributed by atoms with Crippen molar-refractivity contribution in [3.8, 4) is 16.9 Å². The molecular weight excluding hydrogens is 352 g/mol. The zero-order valence-electron chi connectivity index (χ0n) is 15.7. The van der Waals surface area contributed by atoms with Gasteiger partial charge in [0.25, 0.3) is 0 Å². The molecule has 0 amide bonds. The van der Waals surface area contributed by atoms with Gasteiger partial charge in [-0.2, -0.15) is 0 Å². The van der Waals surface area contributed by atoms with Gasteiger partial charge in [-0.05, 0) is 65.4 Å². The minimum absolute atomic E-state index is 0.0725. The topological polar surface area (TPSA) is 66.8 Å². The minimum Gasteiger partial charge on any atom is -0.491 e. The van der Waals surface area contributed by atoms with E-state index >= 15 is 0 Å². The standard InChI is InChI=1S/C24H22O4/c1-24(27,23(26)16-9-11-18(12-10-16)28-14-13-25)22-8-4-7-20-19-6-3-2-5-17(19)15-21(20)22/h2-12,25,27H,13-15H2,1H3. The number of fused-ring (bicyclic) bond motifs is 3. The van der Waals surface area contributed by atoms with Crippen molar-refractivity contribution < 1.29 is 19.7 Å². The van der Waals surface area contributed by atoms with Gasteiger partial charge >= 0.3 is 0 Å². The van der Waals surface area contributed by atoms with Crippen LogP contribution < -0.4 is 4.74 Å². The fourth-order valence-electron chi connectivity index (χ4n) is 3.88. The molecule has 0 saturated carbocycles. The highest BCUT2D eigenvalue weighted by Gasteiger charge is 2.37. The van der Waals surface area contributed by atoms with E-state index < -0.39 is 5.60 Å². The van der Waals surface area contributed by atoms with Crippen molar-refractivity contribution in [3.63, 3.8) is 0 Å². The van der Waals surface area contributed by atoms with Crippen LogP contribution in [0.2, 0.25) is 0 Å². The number of benzene rings is 3. The molecule has 0 spiro atoms. The SMILES string of the molecule is CC(O)(C(=O)c1ccc(OCCO)cc1)c1cccc2c1Cc1ccccc1-2. The molecule has 3 aromatic rings. The molecular formula is C24H22O4. The van der Waals surface area contributed by atoms with Gasteiger partial charge in [0.2, 0.25) is 0 Å². The third kappa shape index (κ3) is 3.11. The van der Waals surface area contributed by atoms with E-state index in [9.17, 15) is 9.90 Å². The summed E-state index contributed by atoms with van der Waals surface area (Å²) in [6, 6.07) is 20.6. The molecule has 3 aromatic carbocycles. The second-order valence-corrected chi connectivity index (χ2v) is 7.16. The Labute approximate surface area is 164 Å². The Bertz CT molecular complexity index is 1020. The van der Waals surface area contributed by atoms with Crippen LogP contribution in [0.15, 0.2) is 66.7 Å². The lowest BCUT2D eigenvalue weighted by atomic mass is 9.83. The van der Waals surface area contributed by atoms with Crippen molar-refractivity contribution in [2.24, 2.45) is 0 Å². The number of Topliss-reactive ketones (excluding diaryl/α,β-unsaturated/α-hetero) is 1. The first-order chi connectivity index (χ1) is 13.5. The van der Waals surface area contributed by atoms with Crippen LogP contribution in [-0.2, 0) is 12.0 Å². The van der Waals surface area contributed by atoms with Crippen LogP contribution >= 0.6 is 0 Å². The Morgan fingerprint density at radius 1 is 1.00 bits per heavy atom. The first kappa shape index (κ1) is 18.4. The Hall–Kier alpha value is -2.95. The number of carbonyl (C=O) groups is 1. The maximum atomic E-state index is 13.1. The lowest BCUT2D eigenvalue weighted by Crippen LogP contribution is -2.33. The quantitative estimate of drug-likeness (QED) is 0.505. The third-order valence-corrected chi connectivity index (χ3v) is 5.29. The van der Waals surface area contributed by atoms with Crippen LogP contribution in [-0.4, -0.2) is 29.2 Å². The maximum absolute atomic E-state index is 13.1. The van der Waals surface area contributed by atoms with Gasteiger partial charge in [0.05, 0.1) is 6.61 Å². The molecule has 1 aliphatic carbocycles. The largest absolute Gasteiger partial charge is 0.491 e. The van der Waals surface area contributed by atoms with Gasteiger partial charge in [-0.3, -0.25) is 4.79 Å². The van der Waals surface area contributed by atoms with E-state index in [1.165, 1.54) is 5.56 Å². The van der Waals surface area contributed by atoms with Crippen molar-refractivity contribution in [3.05, 3.63) is 89.0 Å². The molecule has 0 bridgehead atoms. The van der Waals surface area contributed by atoms with E-state index in [1.807, 2.05) is 30.3 Å². The van der Waals surface area contributed by atoms with Crippen molar-refractivity contribution in [2.75, 3.05) is 13.2 Å². The lowest BCUT2D eigenvalue weighted by molar-refractivity contribution is 0.0389. The van der Waals surface area contributed by atoms with E-state index in [0.717, 1.165) is 16.7 Å². The highest BCUT2D eigenvalue weighted by Crippen LogP contribution is 2.41. The molecule has 0 saturated heterocycles. The second kappa shape index (κ2) is 7.23. The smallest absolute Gasteiger partial charge is 0.198 e. The average Bonchev–Trinajstić information content (AvgIpc) is 3.10. The molecule has 0 fully saturated rings. The van der Waals surface area contributed by atoms with Crippen LogP contribution in [0.25, 0.3) is 11.1 Å². The Kier molecular flexibility index (Phi) is 4.75. The van der Waals surface area contributed by atoms with Gasteiger partial charge in [-0.1, -0.05) is 42.5 Å². The summed E-state index contributed by atoms with van der Waals surface area (Å²) in [4.78, 5) is 13.1. The van der Waals surface area contributed by atoms with Crippen LogP contribution in [0.4, 0.5) is 0 Å². The van der Waals surface area contributed by atoms with Crippen LogP contribution in [0.1, 0.15) is 34.0 Å². The first-order valence-corrected chi connectivity index (χ1v) is 9.34. The molecule has 0 aromatic heterocycles. The number of hydrogen-bond acceptors (Lipinski definition) is 4. The summed E-state index contributed by atoms with van der Waals surface area (Å²) in [7, 11) is 0. The number of ketones is 1. The van der Waals surface area contributed by atoms with Crippen molar-refractivity contribution >= 4 is 5.78 Å². The molecule has 142 valence electrons. The molecule has 1 unspecified atom stereocenters. The predicted molar refractivity (Wildman–Crippen MR) is 108 cm³/mol. The van der Waals surface area contributed by atoms with Crippen LogP contribution in [0.3, 0.4) is 0 Å². The third-order valence-electron chi connectivity index (χ3n) is 5.29. The van der Waals surface area contributed by atoms with E-state index in [-0.39, 0.29) is 19.0 Å². The molecule has 0 aliphatic heterocycles. The predicted octanol–water partition coefficient (Wildman–Crippen LogP) is 3.72. The van der Waals surface area contributed by atoms with Crippen LogP contribution in [0.5, 0.6) is 5.75 Å². The number of hydrogen-bond donors (Lipinski definition) is 2. The van der Waals surface area contributed by atoms with Crippen LogP contribution in [0, 0.1) is 0 Å². The maximum Gasteiger partial charge on any atom is 0.198 e. The second-order valence-electron chi connectivity index (χ2n) is 7.16. The van der Waals surface area contributed by atoms with Gasteiger partial charge in [0.15, 0.2) is 5.78 Å². The molecule has 0 radical (unpaired) electrons. The molecule has 4 nitrogen and oxygen atoms in total. The zero-order chi connectivity index (χ0) is 19.7. The average molecular weight is 374 g/mol. The monoisotopic (exact) mass is 374 g/mol. The van der Waals surface area contributed by atoms with Gasteiger partial charge < -0.3 is 14.9 Å². The summed E-state index contributed by atoms with van der Waals surface area (Å²) in [5.41, 5.74) is 3.87. The van der Waals surface area contributed by atoms with Gasteiger partial charge in [0, 0.05) is 5.56 Å². The molecule has 1 aliphatic rings. The fourth-order valence-corrected chi connectivity index (χ4v) is 3.88. The molecule has 4 heteroatoms. The van der Waals surface area contributed by atoms with Gasteiger partial charge in [0.1, 0.15) is 18.0 Å². The van der Waals surface area contributed by atoms with E-state index in [2.05, 4.69) is 12.1 Å². The Morgan fingerprint density at radius 3 is 2.46 bits per heavy atom. The molecule has 28 heavy (non-hydrogen) atoms. The summed E-state index contributed by atoms with van der Waals surface area (Å²) in [6.07, 6.45) is 0.707. The number of aliphatic hydroxyl groups excluding tert-OH is 1. The van der Waals surface area contributed by atoms with Gasteiger partial charge in [-0.15, -0.1) is 0 Å². The highest BCUT2D eigenvalue weighted by atomic mass is 16.5. The number of ether oxygens (including phenoxy) is 1.